The van der Waals surface area contributed by atoms with Crippen LogP contribution < -0.4 is 16.4 Å². The summed E-state index contributed by atoms with van der Waals surface area (Å²) in [5, 5.41) is 5.40. The van der Waals surface area contributed by atoms with E-state index >= 15 is 0 Å². The minimum atomic E-state index is -1.08. The Balaban J connectivity index is 1.94. The number of primary amides is 1. The number of nitrogens with two attached hydrogens (primary N) is 1. The van der Waals surface area contributed by atoms with E-state index in [-0.39, 0.29) is 25.5 Å². The third kappa shape index (κ3) is 7.52. The summed E-state index contributed by atoms with van der Waals surface area (Å²) < 4.78 is 4.82. The summed E-state index contributed by atoms with van der Waals surface area (Å²) in [6.07, 6.45) is -0.423. The average molecular weight is 448 g/mol. The number of carbonyl (C=O) groups is 4. The van der Waals surface area contributed by atoms with Gasteiger partial charge in [0.1, 0.15) is 6.04 Å². The minimum Gasteiger partial charge on any atom is -0.450 e. The van der Waals surface area contributed by atoms with E-state index in [4.69, 9.17) is 10.5 Å². The number of aryl methyl sites for hydroxylation is 2. The van der Waals surface area contributed by atoms with Crippen LogP contribution in [0.2, 0.25) is 0 Å². The second-order valence-corrected chi connectivity index (χ2v) is 7.86. The average Bonchev–Trinajstić information content (AvgIpc) is 2.95. The summed E-state index contributed by atoms with van der Waals surface area (Å²) in [4.78, 5) is 52.2. The highest BCUT2D eigenvalue weighted by Gasteiger charge is 2.29. The van der Waals surface area contributed by atoms with Crippen molar-refractivity contribution >= 4 is 29.5 Å². The molecular weight excluding hydrogens is 414 g/mol. The first kappa shape index (κ1) is 25.1. The molecule has 1 atom stereocenters. The van der Waals surface area contributed by atoms with E-state index in [1.54, 1.807) is 11.8 Å². The molecule has 0 radical (unpaired) electrons. The number of rotatable bonds is 8. The first-order chi connectivity index (χ1) is 15.2. The molecule has 0 spiro atoms. The molecule has 1 fully saturated rings. The molecule has 176 valence electrons. The Hall–Kier alpha value is -3.14. The van der Waals surface area contributed by atoms with Crippen molar-refractivity contribution in [3.05, 3.63) is 29.3 Å². The van der Waals surface area contributed by atoms with Gasteiger partial charge in [-0.3, -0.25) is 19.3 Å². The van der Waals surface area contributed by atoms with Gasteiger partial charge in [-0.1, -0.05) is 18.2 Å². The van der Waals surface area contributed by atoms with E-state index in [9.17, 15) is 19.2 Å². The maximum absolute atomic E-state index is 12.9. The molecule has 1 aromatic carbocycles. The Bertz CT molecular complexity index is 824. The molecule has 10 nitrogen and oxygen atoms in total. The Morgan fingerprint density at radius 3 is 2.41 bits per heavy atom. The molecule has 1 aromatic rings. The number of ether oxygens (including phenoxy) is 1. The zero-order chi connectivity index (χ0) is 23.7. The van der Waals surface area contributed by atoms with E-state index < -0.39 is 23.9 Å². The van der Waals surface area contributed by atoms with E-state index in [1.165, 1.54) is 0 Å². The number of amides is 4. The van der Waals surface area contributed by atoms with E-state index in [2.05, 4.69) is 10.6 Å². The van der Waals surface area contributed by atoms with Crippen LogP contribution in [0, 0.1) is 13.8 Å². The predicted octanol–water partition coefficient (Wildman–Crippen LogP) is 0.766. The predicted molar refractivity (Wildman–Crippen MR) is 120 cm³/mol. The molecule has 4 N–H and O–H groups in total. The molecule has 10 heteroatoms. The van der Waals surface area contributed by atoms with Gasteiger partial charge in [0.15, 0.2) is 0 Å². The van der Waals surface area contributed by atoms with Crippen molar-refractivity contribution in [3.8, 4) is 0 Å². The second kappa shape index (κ2) is 12.0. The summed E-state index contributed by atoms with van der Waals surface area (Å²) in [7, 11) is 0. The third-order valence-electron chi connectivity index (χ3n) is 5.28. The van der Waals surface area contributed by atoms with Gasteiger partial charge in [0.2, 0.25) is 17.7 Å². The Kier molecular flexibility index (Phi) is 9.45. The molecular formula is C22H33N5O5. The van der Waals surface area contributed by atoms with Gasteiger partial charge in [-0.05, 0) is 38.3 Å². The number of benzene rings is 1. The van der Waals surface area contributed by atoms with Crippen LogP contribution in [0.1, 0.15) is 30.9 Å². The molecule has 0 saturated carbocycles. The molecule has 1 unspecified atom stereocenters. The van der Waals surface area contributed by atoms with Gasteiger partial charge in [-0.15, -0.1) is 0 Å². The molecule has 1 saturated heterocycles. The lowest BCUT2D eigenvalue weighted by Gasteiger charge is -2.26. The smallest absolute Gasteiger partial charge is 0.407 e. The number of hydrogen-bond acceptors (Lipinski definition) is 6. The van der Waals surface area contributed by atoms with Crippen LogP contribution in [0.3, 0.4) is 0 Å². The highest BCUT2D eigenvalue weighted by atomic mass is 16.5. The largest absolute Gasteiger partial charge is 0.450 e. The molecule has 1 heterocycles. The fraction of sp³-hybridized carbons (Fsp3) is 0.545. The van der Waals surface area contributed by atoms with Crippen LogP contribution in [0.15, 0.2) is 18.2 Å². The summed E-state index contributed by atoms with van der Waals surface area (Å²) in [5.74, 6) is -1.20. The second-order valence-electron chi connectivity index (χ2n) is 7.86. The number of nitrogens with one attached hydrogen (secondary N) is 2. The van der Waals surface area contributed by atoms with Crippen LogP contribution in [0.5, 0.6) is 0 Å². The first-order valence-electron chi connectivity index (χ1n) is 10.8. The normalized spacial score (nSPS) is 15.4. The van der Waals surface area contributed by atoms with Crippen molar-refractivity contribution in [2.75, 3.05) is 44.6 Å². The van der Waals surface area contributed by atoms with Crippen molar-refractivity contribution in [1.29, 1.82) is 0 Å². The number of alkyl carbamates (subject to hydrolysis) is 1. The van der Waals surface area contributed by atoms with Crippen LogP contribution in [-0.4, -0.2) is 79.0 Å². The zero-order valence-corrected chi connectivity index (χ0v) is 19.0. The van der Waals surface area contributed by atoms with Crippen LogP contribution >= 0.6 is 0 Å². The van der Waals surface area contributed by atoms with Gasteiger partial charge in [0.25, 0.3) is 0 Å². The minimum absolute atomic E-state index is 0.113. The van der Waals surface area contributed by atoms with Crippen LogP contribution in [-0.2, 0) is 19.1 Å². The van der Waals surface area contributed by atoms with Gasteiger partial charge in [-0.2, -0.15) is 0 Å². The Morgan fingerprint density at radius 1 is 1.09 bits per heavy atom. The van der Waals surface area contributed by atoms with Crippen molar-refractivity contribution in [1.82, 2.24) is 15.1 Å². The standard InChI is InChI=1S/C22H33N5O5/c1-4-32-22(31)24-17(13-18(23)28)21(30)27-10-6-9-26(11-12-27)14-19(29)25-20-15(2)7-5-8-16(20)3/h5,7-8,17H,4,6,9-14H2,1-3H3,(H2,23,28)(H,24,31)(H,25,29). The first-order valence-corrected chi connectivity index (χ1v) is 10.8. The van der Waals surface area contributed by atoms with Gasteiger partial charge in [0, 0.05) is 31.9 Å². The lowest BCUT2D eigenvalue weighted by molar-refractivity contribution is -0.135. The fourth-order valence-electron chi connectivity index (χ4n) is 3.68. The molecule has 1 aliphatic rings. The summed E-state index contributed by atoms with van der Waals surface area (Å²) >= 11 is 0. The SMILES string of the molecule is CCOC(=O)NC(CC(N)=O)C(=O)N1CCCN(CC(=O)Nc2c(C)cccc2C)CC1. The van der Waals surface area contributed by atoms with Gasteiger partial charge >= 0.3 is 6.09 Å². The molecule has 0 bridgehead atoms. The van der Waals surface area contributed by atoms with Crippen molar-refractivity contribution < 1.29 is 23.9 Å². The maximum Gasteiger partial charge on any atom is 0.407 e. The van der Waals surface area contributed by atoms with E-state index in [0.717, 1.165) is 16.8 Å². The number of nitrogens with zero attached hydrogens (tertiary/aromatic N) is 2. The van der Waals surface area contributed by atoms with Gasteiger partial charge < -0.3 is 26.0 Å². The van der Waals surface area contributed by atoms with Crippen molar-refractivity contribution in [2.45, 2.75) is 39.7 Å². The Labute approximate surface area is 188 Å². The van der Waals surface area contributed by atoms with E-state index in [1.807, 2.05) is 36.9 Å². The van der Waals surface area contributed by atoms with Crippen LogP contribution in [0.25, 0.3) is 0 Å². The molecule has 0 aliphatic carbocycles. The number of carbonyl (C=O) groups excluding carboxylic acids is 4. The number of para-hydroxylation sites is 1. The van der Waals surface area contributed by atoms with Gasteiger partial charge in [-0.25, -0.2) is 4.79 Å². The Morgan fingerprint density at radius 2 is 1.78 bits per heavy atom. The number of anilines is 1. The third-order valence-corrected chi connectivity index (χ3v) is 5.28. The molecule has 32 heavy (non-hydrogen) atoms. The van der Waals surface area contributed by atoms with Crippen molar-refractivity contribution in [3.63, 3.8) is 0 Å². The van der Waals surface area contributed by atoms with E-state index in [0.29, 0.717) is 32.6 Å². The highest BCUT2D eigenvalue weighted by Crippen LogP contribution is 2.19. The zero-order valence-electron chi connectivity index (χ0n) is 19.0. The van der Waals surface area contributed by atoms with Gasteiger partial charge in [0.05, 0.1) is 19.6 Å². The topological polar surface area (TPSA) is 134 Å². The molecule has 1 aliphatic heterocycles. The fourth-order valence-corrected chi connectivity index (χ4v) is 3.68. The lowest BCUT2D eigenvalue weighted by atomic mass is 10.1. The molecule has 0 aromatic heterocycles. The summed E-state index contributed by atoms with van der Waals surface area (Å²) in [5.41, 5.74) is 8.07. The highest BCUT2D eigenvalue weighted by molar-refractivity contribution is 5.94. The quantitative estimate of drug-likeness (QED) is 0.539. The monoisotopic (exact) mass is 447 g/mol. The van der Waals surface area contributed by atoms with Crippen molar-refractivity contribution in [2.24, 2.45) is 5.73 Å². The lowest BCUT2D eigenvalue weighted by Crippen LogP contribution is -2.51. The maximum atomic E-state index is 12.9. The van der Waals surface area contributed by atoms with Crippen LogP contribution in [0.4, 0.5) is 10.5 Å². The number of hydrogen-bond donors (Lipinski definition) is 3. The molecule has 2 rings (SSSR count). The molecule has 4 amide bonds. The summed E-state index contributed by atoms with van der Waals surface area (Å²) in [6, 6.07) is 4.77. The summed E-state index contributed by atoms with van der Waals surface area (Å²) in [6.45, 7) is 7.86.